The molecule has 3 aromatic rings. The minimum atomic E-state index is -0.206. The van der Waals surface area contributed by atoms with E-state index in [-0.39, 0.29) is 11.2 Å². The smallest absolute Gasteiger partial charge is 0.163 e. The molecule has 116 valence electrons. The molecule has 0 aliphatic heterocycles. The molecule has 0 bridgehead atoms. The molecule has 0 N–H and O–H groups in total. The Kier molecular flexibility index (Phi) is 3.08. The molecule has 1 heterocycles. The van der Waals surface area contributed by atoms with Gasteiger partial charge in [0, 0.05) is 12.6 Å². The third-order valence-corrected chi connectivity index (χ3v) is 4.76. The van der Waals surface area contributed by atoms with Crippen LogP contribution in [0.1, 0.15) is 29.8 Å². The summed E-state index contributed by atoms with van der Waals surface area (Å²) < 4.78 is 15.3. The van der Waals surface area contributed by atoms with Gasteiger partial charge in [-0.2, -0.15) is 0 Å². The van der Waals surface area contributed by atoms with E-state index < -0.39 is 0 Å². The second-order valence-corrected chi connectivity index (χ2v) is 6.36. The molecule has 2 aromatic carbocycles. The number of rotatable bonds is 3. The Bertz CT molecular complexity index is 843. The van der Waals surface area contributed by atoms with Gasteiger partial charge < -0.3 is 4.57 Å². The highest BCUT2D eigenvalue weighted by atomic mass is 19.1. The maximum atomic E-state index is 13.2. The molecule has 0 saturated heterocycles. The van der Waals surface area contributed by atoms with Gasteiger partial charge >= 0.3 is 0 Å². The van der Waals surface area contributed by atoms with Crippen LogP contribution in [0.5, 0.6) is 0 Å². The van der Waals surface area contributed by atoms with Crippen molar-refractivity contribution in [3.63, 3.8) is 0 Å². The minimum Gasteiger partial charge on any atom is -0.313 e. The van der Waals surface area contributed by atoms with Gasteiger partial charge in [0.2, 0.25) is 0 Å². The van der Waals surface area contributed by atoms with Crippen molar-refractivity contribution in [2.45, 2.75) is 25.2 Å². The van der Waals surface area contributed by atoms with Crippen molar-refractivity contribution in [3.8, 4) is 11.4 Å². The van der Waals surface area contributed by atoms with Gasteiger partial charge in [0.25, 0.3) is 0 Å². The number of nitrogens with zero attached hydrogens (tertiary/aromatic N) is 3. The summed E-state index contributed by atoms with van der Waals surface area (Å²) in [5.74, 6) is 1.62. The van der Waals surface area contributed by atoms with Gasteiger partial charge in [-0.25, -0.2) is 4.39 Å². The van der Waals surface area contributed by atoms with Crippen LogP contribution in [0.25, 0.3) is 11.4 Å². The third kappa shape index (κ3) is 2.25. The van der Waals surface area contributed by atoms with Crippen molar-refractivity contribution in [2.24, 2.45) is 7.05 Å². The van der Waals surface area contributed by atoms with Gasteiger partial charge in [0.05, 0.1) is 5.41 Å². The molecule has 0 spiro atoms. The molecule has 1 fully saturated rings. The number of aryl methyl sites for hydroxylation is 1. The second-order valence-electron chi connectivity index (χ2n) is 6.36. The maximum absolute atomic E-state index is 13.2. The van der Waals surface area contributed by atoms with Crippen LogP contribution < -0.4 is 0 Å². The highest BCUT2D eigenvalue weighted by Crippen LogP contribution is 2.52. The number of aromatic nitrogens is 3. The van der Waals surface area contributed by atoms with E-state index in [1.807, 2.05) is 19.2 Å². The quantitative estimate of drug-likeness (QED) is 0.732. The van der Waals surface area contributed by atoms with Gasteiger partial charge in [-0.05, 0) is 37.5 Å². The molecule has 0 unspecified atom stereocenters. The molecule has 1 aliphatic carbocycles. The van der Waals surface area contributed by atoms with Crippen LogP contribution in [0.2, 0.25) is 0 Å². The van der Waals surface area contributed by atoms with E-state index in [0.717, 1.165) is 35.6 Å². The van der Waals surface area contributed by atoms with Crippen molar-refractivity contribution in [2.75, 3.05) is 0 Å². The molecular weight excluding hydrogens is 289 g/mol. The minimum absolute atomic E-state index is 0.113. The zero-order chi connectivity index (χ0) is 16.0. The summed E-state index contributed by atoms with van der Waals surface area (Å²) in [7, 11) is 2.01. The fourth-order valence-electron chi connectivity index (χ4n) is 3.24. The Labute approximate surface area is 134 Å². The average Bonchev–Trinajstić information content (AvgIpc) is 3.26. The first-order valence-electron chi connectivity index (χ1n) is 7.83. The van der Waals surface area contributed by atoms with Crippen molar-refractivity contribution in [1.82, 2.24) is 14.8 Å². The average molecular weight is 307 g/mol. The topological polar surface area (TPSA) is 30.7 Å². The van der Waals surface area contributed by atoms with Gasteiger partial charge in [0.1, 0.15) is 11.6 Å². The molecule has 0 radical (unpaired) electrons. The first-order valence-corrected chi connectivity index (χ1v) is 7.83. The summed E-state index contributed by atoms with van der Waals surface area (Å²) in [5, 5.41) is 8.87. The summed E-state index contributed by atoms with van der Waals surface area (Å²) in [6.07, 6.45) is 2.05. The Hall–Kier alpha value is -2.49. The van der Waals surface area contributed by atoms with Crippen molar-refractivity contribution < 1.29 is 4.39 Å². The molecule has 1 aliphatic rings. The molecule has 0 amide bonds. The normalized spacial score (nSPS) is 15.6. The largest absolute Gasteiger partial charge is 0.313 e. The summed E-state index contributed by atoms with van der Waals surface area (Å²) in [4.78, 5) is 0. The molecule has 4 heteroatoms. The predicted octanol–water partition coefficient (Wildman–Crippen LogP) is 4.01. The van der Waals surface area contributed by atoms with Crippen LogP contribution in [0.15, 0.2) is 48.5 Å². The molecule has 23 heavy (non-hydrogen) atoms. The van der Waals surface area contributed by atoms with Crippen LogP contribution >= 0.6 is 0 Å². The number of benzene rings is 2. The maximum Gasteiger partial charge on any atom is 0.163 e. The van der Waals surface area contributed by atoms with Gasteiger partial charge in [-0.3, -0.25) is 0 Å². The molecule has 4 rings (SSSR count). The fourth-order valence-corrected chi connectivity index (χ4v) is 3.24. The Balaban J connectivity index is 1.76. The molecule has 1 aromatic heterocycles. The van der Waals surface area contributed by atoms with Crippen LogP contribution in [0.3, 0.4) is 0 Å². The van der Waals surface area contributed by atoms with Crippen LogP contribution in [0.4, 0.5) is 4.39 Å². The predicted molar refractivity (Wildman–Crippen MR) is 87.6 cm³/mol. The number of hydrogen-bond donors (Lipinski definition) is 0. The van der Waals surface area contributed by atoms with Crippen LogP contribution in [-0.2, 0) is 12.5 Å². The Morgan fingerprint density at radius 3 is 2.22 bits per heavy atom. The van der Waals surface area contributed by atoms with E-state index in [1.165, 1.54) is 17.7 Å². The summed E-state index contributed by atoms with van der Waals surface area (Å²) in [6.45, 7) is 2.07. The van der Waals surface area contributed by atoms with Crippen molar-refractivity contribution in [3.05, 3.63) is 71.3 Å². The first kappa shape index (κ1) is 14.1. The molecule has 0 atom stereocenters. The zero-order valence-electron chi connectivity index (χ0n) is 13.3. The first-order chi connectivity index (χ1) is 11.1. The standard InChI is InChI=1S/C19H18FN3/c1-13-3-5-14(6-4-13)17-21-22-18(23(17)2)19(11-12-19)15-7-9-16(20)10-8-15/h3-10H,11-12H2,1-2H3. The highest BCUT2D eigenvalue weighted by molar-refractivity contribution is 5.56. The molecular formula is C19H18FN3. The van der Waals surface area contributed by atoms with Crippen molar-refractivity contribution >= 4 is 0 Å². The van der Waals surface area contributed by atoms with E-state index in [4.69, 9.17) is 0 Å². The van der Waals surface area contributed by atoms with E-state index in [1.54, 1.807) is 0 Å². The van der Waals surface area contributed by atoms with E-state index in [0.29, 0.717) is 0 Å². The zero-order valence-corrected chi connectivity index (χ0v) is 13.3. The Morgan fingerprint density at radius 1 is 0.957 bits per heavy atom. The summed E-state index contributed by atoms with van der Waals surface area (Å²) in [5.41, 5.74) is 3.29. The lowest BCUT2D eigenvalue weighted by molar-refractivity contribution is 0.624. The Morgan fingerprint density at radius 2 is 1.61 bits per heavy atom. The number of hydrogen-bond acceptors (Lipinski definition) is 2. The SMILES string of the molecule is Cc1ccc(-c2nnc(C3(c4ccc(F)cc4)CC3)n2C)cc1. The fraction of sp³-hybridized carbons (Fsp3) is 0.263. The van der Waals surface area contributed by atoms with Crippen molar-refractivity contribution in [1.29, 1.82) is 0 Å². The molecule has 3 nitrogen and oxygen atoms in total. The van der Waals surface area contributed by atoms with E-state index in [2.05, 4.69) is 46.0 Å². The van der Waals surface area contributed by atoms with Crippen LogP contribution in [-0.4, -0.2) is 14.8 Å². The number of halogens is 1. The molecule has 1 saturated carbocycles. The van der Waals surface area contributed by atoms with E-state index >= 15 is 0 Å². The van der Waals surface area contributed by atoms with E-state index in [9.17, 15) is 4.39 Å². The van der Waals surface area contributed by atoms with Crippen LogP contribution in [0, 0.1) is 12.7 Å². The van der Waals surface area contributed by atoms with Gasteiger partial charge in [-0.1, -0.05) is 42.0 Å². The lowest BCUT2D eigenvalue weighted by Gasteiger charge is -2.15. The lowest BCUT2D eigenvalue weighted by Crippen LogP contribution is -2.15. The summed E-state index contributed by atoms with van der Waals surface area (Å²) >= 11 is 0. The lowest BCUT2D eigenvalue weighted by atomic mass is 9.95. The highest BCUT2D eigenvalue weighted by Gasteiger charge is 2.49. The monoisotopic (exact) mass is 307 g/mol. The second kappa shape index (κ2) is 5.01. The van der Waals surface area contributed by atoms with Gasteiger partial charge in [-0.15, -0.1) is 10.2 Å². The summed E-state index contributed by atoms with van der Waals surface area (Å²) in [6, 6.07) is 15.1. The third-order valence-electron chi connectivity index (χ3n) is 4.76. The van der Waals surface area contributed by atoms with Gasteiger partial charge in [0.15, 0.2) is 5.82 Å².